The maximum atomic E-state index is 8.89. The standard InChI is InChI=1S/C19H19N3O/c20-12-13-1-3-14(4-2-13)15-7-8-21-19(9-15)23-18-10-16-5-6-17(11-18)22-16/h1-4,7-9,16-18,22H,5-6,10-11H2/t16-,17+,18-. The summed E-state index contributed by atoms with van der Waals surface area (Å²) in [5, 5.41) is 12.5. The lowest BCUT2D eigenvalue weighted by Crippen LogP contribution is -2.42. The van der Waals surface area contributed by atoms with Crippen LogP contribution in [0.25, 0.3) is 11.1 Å². The summed E-state index contributed by atoms with van der Waals surface area (Å²) >= 11 is 0. The first kappa shape index (κ1) is 14.2. The van der Waals surface area contributed by atoms with Gasteiger partial charge in [-0.05, 0) is 55.0 Å². The van der Waals surface area contributed by atoms with E-state index in [0.29, 0.717) is 23.5 Å². The fraction of sp³-hybridized carbons (Fsp3) is 0.368. The second-order valence-corrected chi connectivity index (χ2v) is 6.42. The number of pyridine rings is 1. The van der Waals surface area contributed by atoms with E-state index < -0.39 is 0 Å². The smallest absolute Gasteiger partial charge is 0.214 e. The number of hydrogen-bond donors (Lipinski definition) is 1. The molecule has 0 aliphatic carbocycles. The van der Waals surface area contributed by atoms with Gasteiger partial charge in [-0.25, -0.2) is 4.98 Å². The maximum absolute atomic E-state index is 8.89. The van der Waals surface area contributed by atoms with Gasteiger partial charge >= 0.3 is 0 Å². The third-order valence-electron chi connectivity index (χ3n) is 4.80. The largest absolute Gasteiger partial charge is 0.474 e. The molecular formula is C19H19N3O. The molecule has 116 valence electrons. The molecule has 0 spiro atoms. The van der Waals surface area contributed by atoms with Gasteiger partial charge in [-0.3, -0.25) is 0 Å². The average Bonchev–Trinajstić information content (AvgIpc) is 2.94. The van der Waals surface area contributed by atoms with Crippen LogP contribution < -0.4 is 10.1 Å². The van der Waals surface area contributed by atoms with Crippen molar-refractivity contribution in [2.24, 2.45) is 0 Å². The van der Waals surface area contributed by atoms with E-state index in [2.05, 4.69) is 16.4 Å². The van der Waals surface area contributed by atoms with Crippen LogP contribution in [0, 0.1) is 11.3 Å². The fourth-order valence-corrected chi connectivity index (χ4v) is 3.66. The van der Waals surface area contributed by atoms with Crippen molar-refractivity contribution in [3.63, 3.8) is 0 Å². The highest BCUT2D eigenvalue weighted by molar-refractivity contribution is 5.64. The van der Waals surface area contributed by atoms with Gasteiger partial charge in [-0.2, -0.15) is 5.26 Å². The van der Waals surface area contributed by atoms with Gasteiger partial charge in [0.2, 0.25) is 5.88 Å². The van der Waals surface area contributed by atoms with Crippen LogP contribution in [-0.4, -0.2) is 23.2 Å². The second kappa shape index (κ2) is 6.02. The number of fused-ring (bicyclic) bond motifs is 2. The topological polar surface area (TPSA) is 57.9 Å². The van der Waals surface area contributed by atoms with Crippen molar-refractivity contribution in [3.8, 4) is 23.1 Å². The van der Waals surface area contributed by atoms with E-state index in [9.17, 15) is 0 Å². The van der Waals surface area contributed by atoms with Crippen LogP contribution in [0.4, 0.5) is 0 Å². The van der Waals surface area contributed by atoms with Crippen molar-refractivity contribution < 1.29 is 4.74 Å². The lowest BCUT2D eigenvalue weighted by Gasteiger charge is -2.29. The Hall–Kier alpha value is -2.38. The number of rotatable bonds is 3. The zero-order chi connectivity index (χ0) is 15.6. The first-order chi connectivity index (χ1) is 11.3. The average molecular weight is 305 g/mol. The van der Waals surface area contributed by atoms with Gasteiger partial charge in [0.15, 0.2) is 0 Å². The molecule has 2 aromatic rings. The monoisotopic (exact) mass is 305 g/mol. The van der Waals surface area contributed by atoms with Gasteiger partial charge in [0.05, 0.1) is 11.6 Å². The molecule has 2 bridgehead atoms. The van der Waals surface area contributed by atoms with Crippen molar-refractivity contribution in [3.05, 3.63) is 48.2 Å². The van der Waals surface area contributed by atoms with Gasteiger partial charge in [0.25, 0.3) is 0 Å². The van der Waals surface area contributed by atoms with Crippen molar-refractivity contribution in [1.82, 2.24) is 10.3 Å². The minimum atomic E-state index is 0.262. The van der Waals surface area contributed by atoms with E-state index in [1.165, 1.54) is 12.8 Å². The number of nitrogens with zero attached hydrogens (tertiary/aromatic N) is 2. The molecule has 0 saturated carbocycles. The number of nitrogens with one attached hydrogen (secondary N) is 1. The Labute approximate surface area is 136 Å². The summed E-state index contributed by atoms with van der Waals surface area (Å²) in [7, 11) is 0. The summed E-state index contributed by atoms with van der Waals surface area (Å²) < 4.78 is 6.14. The van der Waals surface area contributed by atoms with E-state index in [1.54, 1.807) is 6.20 Å². The summed E-state index contributed by atoms with van der Waals surface area (Å²) in [6.07, 6.45) is 6.72. The quantitative estimate of drug-likeness (QED) is 0.945. The fourth-order valence-electron chi connectivity index (χ4n) is 3.66. The molecular weight excluding hydrogens is 286 g/mol. The number of aromatic nitrogens is 1. The predicted molar refractivity (Wildman–Crippen MR) is 88.0 cm³/mol. The minimum Gasteiger partial charge on any atom is -0.474 e. The highest BCUT2D eigenvalue weighted by atomic mass is 16.5. The number of nitriles is 1. The van der Waals surface area contributed by atoms with Crippen LogP contribution in [0.2, 0.25) is 0 Å². The highest BCUT2D eigenvalue weighted by Crippen LogP contribution is 2.30. The SMILES string of the molecule is N#Cc1ccc(-c2ccnc(O[C@@H]3C[C@H]4CC[C@@H](C3)N4)c2)cc1. The van der Waals surface area contributed by atoms with E-state index in [4.69, 9.17) is 10.00 Å². The number of hydrogen-bond acceptors (Lipinski definition) is 4. The lowest BCUT2D eigenvalue weighted by atomic mass is 10.0. The van der Waals surface area contributed by atoms with Gasteiger partial charge in [-0.15, -0.1) is 0 Å². The van der Waals surface area contributed by atoms with Crippen molar-refractivity contribution in [2.75, 3.05) is 0 Å². The molecule has 23 heavy (non-hydrogen) atoms. The molecule has 3 heterocycles. The molecule has 0 amide bonds. The summed E-state index contributed by atoms with van der Waals surface area (Å²) in [6, 6.07) is 14.9. The maximum Gasteiger partial charge on any atom is 0.214 e. The van der Waals surface area contributed by atoms with Crippen LogP contribution in [0.1, 0.15) is 31.2 Å². The minimum absolute atomic E-state index is 0.262. The molecule has 2 aliphatic heterocycles. The molecule has 0 radical (unpaired) electrons. The zero-order valence-corrected chi connectivity index (χ0v) is 12.9. The molecule has 4 heteroatoms. The van der Waals surface area contributed by atoms with Gasteiger partial charge in [-0.1, -0.05) is 12.1 Å². The summed E-state index contributed by atoms with van der Waals surface area (Å²) in [4.78, 5) is 4.37. The lowest BCUT2D eigenvalue weighted by molar-refractivity contribution is 0.132. The molecule has 2 aliphatic rings. The molecule has 1 aromatic heterocycles. The predicted octanol–water partition coefficient (Wildman–Crippen LogP) is 3.28. The van der Waals surface area contributed by atoms with E-state index in [0.717, 1.165) is 24.0 Å². The van der Waals surface area contributed by atoms with Crippen LogP contribution in [0.15, 0.2) is 42.6 Å². The highest BCUT2D eigenvalue weighted by Gasteiger charge is 2.34. The molecule has 4 nitrogen and oxygen atoms in total. The van der Waals surface area contributed by atoms with E-state index in [1.807, 2.05) is 36.4 Å². The normalized spacial score (nSPS) is 25.8. The van der Waals surface area contributed by atoms with Crippen molar-refractivity contribution in [1.29, 1.82) is 5.26 Å². The van der Waals surface area contributed by atoms with Crippen LogP contribution in [-0.2, 0) is 0 Å². The Bertz CT molecular complexity index is 723. The third-order valence-corrected chi connectivity index (χ3v) is 4.80. The first-order valence-corrected chi connectivity index (χ1v) is 8.19. The Kier molecular flexibility index (Phi) is 3.72. The van der Waals surface area contributed by atoms with Crippen LogP contribution >= 0.6 is 0 Å². The Morgan fingerprint density at radius 1 is 1.04 bits per heavy atom. The molecule has 4 rings (SSSR count). The first-order valence-electron chi connectivity index (χ1n) is 8.19. The molecule has 0 unspecified atom stereocenters. The van der Waals surface area contributed by atoms with E-state index in [-0.39, 0.29) is 6.10 Å². The molecule has 1 N–H and O–H groups in total. The zero-order valence-electron chi connectivity index (χ0n) is 12.9. The second-order valence-electron chi connectivity index (χ2n) is 6.42. The summed E-state index contributed by atoms with van der Waals surface area (Å²) in [6.45, 7) is 0. The summed E-state index contributed by atoms with van der Waals surface area (Å²) in [5.74, 6) is 0.693. The number of ether oxygens (including phenoxy) is 1. The van der Waals surface area contributed by atoms with E-state index >= 15 is 0 Å². The van der Waals surface area contributed by atoms with Crippen LogP contribution in [0.5, 0.6) is 5.88 Å². The Balaban J connectivity index is 1.50. The van der Waals surface area contributed by atoms with Gasteiger partial charge in [0.1, 0.15) is 6.10 Å². The van der Waals surface area contributed by atoms with Crippen molar-refractivity contribution >= 4 is 0 Å². The van der Waals surface area contributed by atoms with Gasteiger partial charge in [0, 0.05) is 24.3 Å². The Morgan fingerprint density at radius 3 is 2.48 bits per heavy atom. The van der Waals surface area contributed by atoms with Crippen LogP contribution in [0.3, 0.4) is 0 Å². The molecule has 1 aromatic carbocycles. The molecule has 3 atom stereocenters. The van der Waals surface area contributed by atoms with Crippen molar-refractivity contribution in [2.45, 2.75) is 43.9 Å². The molecule has 2 saturated heterocycles. The Morgan fingerprint density at radius 2 is 1.78 bits per heavy atom. The third kappa shape index (κ3) is 3.06. The number of piperidine rings is 1. The van der Waals surface area contributed by atoms with Gasteiger partial charge < -0.3 is 10.1 Å². The summed E-state index contributed by atoms with van der Waals surface area (Å²) in [5.41, 5.74) is 2.81. The number of benzene rings is 1. The molecule has 2 fully saturated rings.